The normalized spacial score (nSPS) is 23.9. The Balaban J connectivity index is 1.22. The number of aromatic amines is 1. The van der Waals surface area contributed by atoms with Crippen LogP contribution in [0.25, 0.3) is 16.6 Å². The van der Waals surface area contributed by atoms with Gasteiger partial charge in [-0.05, 0) is 57.3 Å². The van der Waals surface area contributed by atoms with Crippen LogP contribution in [0.3, 0.4) is 0 Å². The third kappa shape index (κ3) is 5.06. The number of H-pyrrole nitrogens is 1. The highest BCUT2D eigenvalue weighted by atomic mass is 16.6. The van der Waals surface area contributed by atoms with Crippen molar-refractivity contribution in [1.82, 2.24) is 19.9 Å². The quantitative estimate of drug-likeness (QED) is 0.402. The van der Waals surface area contributed by atoms with E-state index < -0.39 is 5.60 Å². The third-order valence-corrected chi connectivity index (χ3v) is 7.68. The summed E-state index contributed by atoms with van der Waals surface area (Å²) in [6.07, 6.45) is 11.4. The summed E-state index contributed by atoms with van der Waals surface area (Å²) in [5.41, 5.74) is 2.85. The number of carbonyl (C=O) groups excluding carboxylic acids is 1. The van der Waals surface area contributed by atoms with Crippen LogP contribution in [-0.4, -0.2) is 51.6 Å². The summed E-state index contributed by atoms with van der Waals surface area (Å²) in [6, 6.07) is 8.15. The summed E-state index contributed by atoms with van der Waals surface area (Å²) in [5.74, 6) is 2.03. The molecule has 7 heteroatoms. The molecular formula is C28H36N4O3. The molecule has 2 aromatic heterocycles. The van der Waals surface area contributed by atoms with E-state index in [0.29, 0.717) is 11.8 Å². The summed E-state index contributed by atoms with van der Waals surface area (Å²) < 4.78 is 11.9. The van der Waals surface area contributed by atoms with Crippen molar-refractivity contribution in [3.63, 3.8) is 0 Å². The number of hydrogen-bond donors (Lipinski definition) is 1. The number of imidazole rings is 1. The maximum absolute atomic E-state index is 12.8. The van der Waals surface area contributed by atoms with Gasteiger partial charge < -0.3 is 19.0 Å². The molecule has 35 heavy (non-hydrogen) atoms. The second-order valence-electron chi connectivity index (χ2n) is 10.5. The van der Waals surface area contributed by atoms with Crippen LogP contribution in [0.5, 0.6) is 0 Å². The van der Waals surface area contributed by atoms with Gasteiger partial charge in [0, 0.05) is 30.9 Å². The number of oxazole rings is 1. The minimum absolute atomic E-state index is 0.101. The maximum atomic E-state index is 12.8. The number of rotatable bonds is 10. The van der Waals surface area contributed by atoms with Gasteiger partial charge in [-0.25, -0.2) is 9.97 Å². The van der Waals surface area contributed by atoms with E-state index in [0.717, 1.165) is 68.5 Å². The molecule has 2 bridgehead atoms. The number of ether oxygens (including phenoxy) is 1. The van der Waals surface area contributed by atoms with E-state index in [2.05, 4.69) is 34.1 Å². The molecule has 1 fully saturated rings. The van der Waals surface area contributed by atoms with Crippen LogP contribution in [0.2, 0.25) is 0 Å². The number of para-hydroxylation sites is 2. The van der Waals surface area contributed by atoms with Crippen molar-refractivity contribution in [1.29, 1.82) is 0 Å². The Kier molecular flexibility index (Phi) is 6.78. The van der Waals surface area contributed by atoms with Gasteiger partial charge in [0.1, 0.15) is 17.7 Å². The van der Waals surface area contributed by atoms with Gasteiger partial charge >= 0.3 is 5.97 Å². The molecular weight excluding hydrogens is 440 g/mol. The van der Waals surface area contributed by atoms with E-state index >= 15 is 0 Å². The smallest absolute Gasteiger partial charge is 0.308 e. The molecule has 0 radical (unpaired) electrons. The number of carbonyl (C=O) groups is 1. The van der Waals surface area contributed by atoms with Gasteiger partial charge in [-0.1, -0.05) is 32.1 Å². The Labute approximate surface area is 207 Å². The molecule has 3 atom stereocenters. The van der Waals surface area contributed by atoms with Gasteiger partial charge in [-0.2, -0.15) is 0 Å². The third-order valence-electron chi connectivity index (χ3n) is 7.68. The lowest BCUT2D eigenvalue weighted by Crippen LogP contribution is -2.51. The first-order chi connectivity index (χ1) is 16.9. The molecule has 1 aromatic carbocycles. The van der Waals surface area contributed by atoms with Crippen molar-refractivity contribution in [2.45, 2.75) is 58.0 Å². The largest absolute Gasteiger partial charge is 0.458 e. The van der Waals surface area contributed by atoms with Gasteiger partial charge in [-0.3, -0.25) is 4.79 Å². The number of aromatic nitrogens is 3. The summed E-state index contributed by atoms with van der Waals surface area (Å²) >= 11 is 0. The molecule has 3 aliphatic rings. The van der Waals surface area contributed by atoms with Crippen LogP contribution in [0.15, 0.2) is 47.2 Å². The minimum Gasteiger partial charge on any atom is -0.458 e. The molecule has 3 aliphatic carbocycles. The van der Waals surface area contributed by atoms with E-state index in [1.807, 2.05) is 32.0 Å². The highest BCUT2D eigenvalue weighted by Crippen LogP contribution is 2.52. The summed E-state index contributed by atoms with van der Waals surface area (Å²) in [4.78, 5) is 27.6. The van der Waals surface area contributed by atoms with Crippen LogP contribution in [0.4, 0.5) is 0 Å². The molecule has 0 aliphatic heterocycles. The molecule has 3 aromatic rings. The van der Waals surface area contributed by atoms with Crippen molar-refractivity contribution in [2.75, 3.05) is 20.1 Å². The lowest BCUT2D eigenvalue weighted by molar-refractivity contribution is -0.176. The van der Waals surface area contributed by atoms with Crippen LogP contribution in [-0.2, 0) is 16.0 Å². The van der Waals surface area contributed by atoms with Crippen LogP contribution < -0.4 is 0 Å². The standard InChI is InChI=1S/C28H36N4O3/c1-19(2)27(33)35-28(18-20-10-11-21(28)17-22(20)26-29-13-16-34-26)12-15-32(3)14-6-9-25-30-23-7-4-5-8-24(23)31-25/h4-5,7-8,13,16-17,19-21H,6,9-12,14-15,18H2,1-3H3,(H,30,31)/t20-,21-,28+/m0/s1. The number of esters is 1. The minimum atomic E-state index is -0.451. The van der Waals surface area contributed by atoms with Crippen molar-refractivity contribution >= 4 is 22.6 Å². The number of allylic oxidation sites excluding steroid dienone is 1. The highest BCUT2D eigenvalue weighted by Gasteiger charge is 2.51. The molecule has 186 valence electrons. The van der Waals surface area contributed by atoms with Crippen molar-refractivity contribution in [3.8, 4) is 0 Å². The summed E-state index contributed by atoms with van der Waals surface area (Å²) in [7, 11) is 2.16. The number of fused-ring (bicyclic) bond motifs is 3. The Morgan fingerprint density at radius 2 is 2.14 bits per heavy atom. The van der Waals surface area contributed by atoms with Crippen LogP contribution in [0.1, 0.15) is 57.7 Å². The van der Waals surface area contributed by atoms with E-state index in [1.165, 1.54) is 5.57 Å². The monoisotopic (exact) mass is 476 g/mol. The van der Waals surface area contributed by atoms with Gasteiger partial charge in [0.2, 0.25) is 5.89 Å². The summed E-state index contributed by atoms with van der Waals surface area (Å²) in [5, 5.41) is 0. The fourth-order valence-corrected chi connectivity index (χ4v) is 5.69. The SMILES string of the molecule is CC(C)C(=O)O[C@]1(CCN(C)CCCc2nc3ccccc3[nH]2)C[C@@H]2CC[C@H]1C=C2c1ncco1. The zero-order valence-corrected chi connectivity index (χ0v) is 21.0. The second-order valence-corrected chi connectivity index (χ2v) is 10.5. The Morgan fingerprint density at radius 3 is 2.86 bits per heavy atom. The average Bonchev–Trinajstić information content (AvgIpc) is 3.53. The average molecular weight is 477 g/mol. The molecule has 2 heterocycles. The number of nitrogens with one attached hydrogen (secondary N) is 1. The fraction of sp³-hybridized carbons (Fsp3) is 0.536. The molecule has 0 saturated heterocycles. The Bertz CT molecular complexity index is 1150. The van der Waals surface area contributed by atoms with Gasteiger partial charge in [-0.15, -0.1) is 0 Å². The number of aryl methyl sites for hydroxylation is 1. The van der Waals surface area contributed by atoms with Crippen molar-refractivity contribution in [3.05, 3.63) is 54.5 Å². The lowest BCUT2D eigenvalue weighted by Gasteiger charge is -2.50. The highest BCUT2D eigenvalue weighted by molar-refractivity contribution is 5.74. The second kappa shape index (κ2) is 9.97. The van der Waals surface area contributed by atoms with Crippen molar-refractivity contribution < 1.29 is 13.9 Å². The van der Waals surface area contributed by atoms with Gasteiger partial charge in [0.25, 0.3) is 0 Å². The van der Waals surface area contributed by atoms with Gasteiger partial charge in [0.15, 0.2) is 0 Å². The molecule has 7 nitrogen and oxygen atoms in total. The molecule has 1 N–H and O–H groups in total. The first-order valence-corrected chi connectivity index (χ1v) is 12.9. The van der Waals surface area contributed by atoms with E-state index in [1.54, 1.807) is 12.5 Å². The molecule has 0 amide bonds. The zero-order valence-electron chi connectivity index (χ0n) is 21.0. The molecule has 1 saturated carbocycles. The maximum Gasteiger partial charge on any atom is 0.308 e. The number of nitrogens with zero attached hydrogens (tertiary/aromatic N) is 3. The predicted molar refractivity (Wildman–Crippen MR) is 136 cm³/mol. The molecule has 6 rings (SSSR count). The van der Waals surface area contributed by atoms with E-state index in [4.69, 9.17) is 14.1 Å². The van der Waals surface area contributed by atoms with E-state index in [-0.39, 0.29) is 17.8 Å². The Morgan fingerprint density at radius 1 is 1.29 bits per heavy atom. The number of hydrogen-bond acceptors (Lipinski definition) is 6. The number of benzene rings is 1. The first-order valence-electron chi connectivity index (χ1n) is 12.9. The lowest BCUT2D eigenvalue weighted by atomic mass is 9.61. The zero-order chi connectivity index (χ0) is 24.4. The van der Waals surface area contributed by atoms with Crippen LogP contribution >= 0.6 is 0 Å². The topological polar surface area (TPSA) is 84.2 Å². The van der Waals surface area contributed by atoms with Crippen LogP contribution in [0, 0.1) is 17.8 Å². The van der Waals surface area contributed by atoms with Gasteiger partial charge in [0.05, 0.1) is 23.1 Å². The van der Waals surface area contributed by atoms with E-state index in [9.17, 15) is 4.79 Å². The predicted octanol–water partition coefficient (Wildman–Crippen LogP) is 5.26. The fourth-order valence-electron chi connectivity index (χ4n) is 5.69. The molecule has 0 spiro atoms. The first kappa shape index (κ1) is 23.8. The van der Waals surface area contributed by atoms with Crippen molar-refractivity contribution in [2.24, 2.45) is 17.8 Å². The molecule has 0 unspecified atom stereocenters. The Hall–Kier alpha value is -2.93. The summed E-state index contributed by atoms with van der Waals surface area (Å²) in [6.45, 7) is 5.68.